The molecule has 1 unspecified atom stereocenters. The van der Waals surface area contributed by atoms with Gasteiger partial charge in [0.15, 0.2) is 0 Å². The zero-order valence-corrected chi connectivity index (χ0v) is 9.76. The third kappa shape index (κ3) is 2.11. The number of pyridine rings is 1. The molecule has 3 aliphatic rings. The van der Waals surface area contributed by atoms with Crippen molar-refractivity contribution >= 4 is 5.69 Å². The van der Waals surface area contributed by atoms with E-state index in [4.69, 9.17) is 5.26 Å². The number of hydrogen-bond donors (Lipinski definition) is 1. The summed E-state index contributed by atoms with van der Waals surface area (Å²) in [6, 6.07) is 6.38. The topological polar surface area (TPSA) is 52.0 Å². The molecular weight excluding hydrogens is 212 g/mol. The normalized spacial score (nSPS) is 30.9. The highest BCUT2D eigenvalue weighted by Gasteiger charge is 2.33. The van der Waals surface area contributed by atoms with Gasteiger partial charge in [0, 0.05) is 24.5 Å². The van der Waals surface area contributed by atoms with E-state index >= 15 is 0 Å². The maximum Gasteiger partial charge on any atom is 0.142 e. The number of nitrogens with one attached hydrogen (secondary N) is 1. The number of anilines is 1. The Hall–Kier alpha value is -1.60. The lowest BCUT2D eigenvalue weighted by molar-refractivity contribution is 0.0975. The molecule has 4 nitrogen and oxygen atoms in total. The summed E-state index contributed by atoms with van der Waals surface area (Å²) in [5.41, 5.74) is 1.51. The van der Waals surface area contributed by atoms with Crippen LogP contribution < -0.4 is 5.32 Å². The van der Waals surface area contributed by atoms with Gasteiger partial charge in [-0.15, -0.1) is 0 Å². The molecule has 1 atom stereocenters. The van der Waals surface area contributed by atoms with Crippen LogP contribution in [-0.4, -0.2) is 35.6 Å². The van der Waals surface area contributed by atoms with Gasteiger partial charge in [-0.1, -0.05) is 0 Å². The average Bonchev–Trinajstić information content (AvgIpc) is 2.40. The van der Waals surface area contributed by atoms with Gasteiger partial charge >= 0.3 is 0 Å². The highest BCUT2D eigenvalue weighted by molar-refractivity contribution is 5.47. The SMILES string of the molecule is N#Cc1cc(NC2CN3CCC2CC3)ccn1. The number of rotatable bonds is 2. The van der Waals surface area contributed by atoms with Gasteiger partial charge in [0.25, 0.3) is 0 Å². The Bertz CT molecular complexity index is 443. The quantitative estimate of drug-likeness (QED) is 0.832. The molecular formula is C13H16N4. The molecule has 2 bridgehead atoms. The van der Waals surface area contributed by atoms with Crippen molar-refractivity contribution in [3.05, 3.63) is 24.0 Å². The summed E-state index contributed by atoms with van der Waals surface area (Å²) >= 11 is 0. The lowest BCUT2D eigenvalue weighted by Gasteiger charge is -2.45. The molecule has 0 spiro atoms. The molecule has 1 aromatic rings. The molecule has 4 heteroatoms. The highest BCUT2D eigenvalue weighted by atomic mass is 15.2. The van der Waals surface area contributed by atoms with Gasteiger partial charge in [-0.3, -0.25) is 0 Å². The minimum atomic E-state index is 0.483. The van der Waals surface area contributed by atoms with E-state index in [9.17, 15) is 0 Å². The maximum absolute atomic E-state index is 8.82. The molecule has 0 amide bonds. The second-order valence-electron chi connectivity index (χ2n) is 4.93. The first-order chi connectivity index (χ1) is 8.35. The molecule has 3 saturated heterocycles. The molecule has 17 heavy (non-hydrogen) atoms. The molecule has 1 N–H and O–H groups in total. The largest absolute Gasteiger partial charge is 0.381 e. The molecule has 0 radical (unpaired) electrons. The average molecular weight is 228 g/mol. The summed E-state index contributed by atoms with van der Waals surface area (Å²) in [7, 11) is 0. The first-order valence-electron chi connectivity index (χ1n) is 6.20. The van der Waals surface area contributed by atoms with Crippen LogP contribution in [0.4, 0.5) is 5.69 Å². The molecule has 1 aromatic heterocycles. The summed E-state index contributed by atoms with van der Waals surface area (Å²) < 4.78 is 0. The summed E-state index contributed by atoms with van der Waals surface area (Å²) in [6.07, 6.45) is 4.30. The fourth-order valence-electron chi connectivity index (χ4n) is 2.92. The van der Waals surface area contributed by atoms with E-state index < -0.39 is 0 Å². The van der Waals surface area contributed by atoms with Crippen LogP contribution in [0.2, 0.25) is 0 Å². The zero-order chi connectivity index (χ0) is 11.7. The predicted molar refractivity (Wildman–Crippen MR) is 65.5 cm³/mol. The molecule has 88 valence electrons. The number of hydrogen-bond acceptors (Lipinski definition) is 4. The van der Waals surface area contributed by atoms with E-state index in [-0.39, 0.29) is 0 Å². The van der Waals surface area contributed by atoms with Crippen molar-refractivity contribution in [1.82, 2.24) is 9.88 Å². The molecule has 0 aromatic carbocycles. The van der Waals surface area contributed by atoms with E-state index in [0.29, 0.717) is 11.7 Å². The number of aromatic nitrogens is 1. The third-order valence-corrected chi connectivity index (χ3v) is 3.88. The Labute approximate surface area is 101 Å². The van der Waals surface area contributed by atoms with Gasteiger partial charge in [0.1, 0.15) is 11.8 Å². The fraction of sp³-hybridized carbons (Fsp3) is 0.538. The molecule has 3 aliphatic heterocycles. The first kappa shape index (κ1) is 10.5. The van der Waals surface area contributed by atoms with Gasteiger partial charge < -0.3 is 10.2 Å². The van der Waals surface area contributed by atoms with Crippen molar-refractivity contribution < 1.29 is 0 Å². The van der Waals surface area contributed by atoms with Crippen LogP contribution in [0.3, 0.4) is 0 Å². The Morgan fingerprint density at radius 1 is 1.41 bits per heavy atom. The minimum absolute atomic E-state index is 0.483. The van der Waals surface area contributed by atoms with Crippen molar-refractivity contribution in [3.8, 4) is 6.07 Å². The molecule has 0 saturated carbocycles. The van der Waals surface area contributed by atoms with E-state index in [1.165, 1.54) is 25.9 Å². The lowest BCUT2D eigenvalue weighted by atomic mass is 9.84. The Morgan fingerprint density at radius 3 is 2.88 bits per heavy atom. The highest BCUT2D eigenvalue weighted by Crippen LogP contribution is 2.29. The number of nitriles is 1. The van der Waals surface area contributed by atoms with Gasteiger partial charge in [-0.2, -0.15) is 5.26 Å². The minimum Gasteiger partial charge on any atom is -0.381 e. The monoisotopic (exact) mass is 228 g/mol. The third-order valence-electron chi connectivity index (χ3n) is 3.88. The zero-order valence-electron chi connectivity index (χ0n) is 9.76. The van der Waals surface area contributed by atoms with E-state index in [1.807, 2.05) is 12.1 Å². The number of fused-ring (bicyclic) bond motifs is 3. The number of piperidine rings is 3. The molecule has 4 rings (SSSR count). The summed E-state index contributed by atoms with van der Waals surface area (Å²) in [5.74, 6) is 0.790. The second-order valence-corrected chi connectivity index (χ2v) is 4.93. The summed E-state index contributed by atoms with van der Waals surface area (Å²) in [5, 5.41) is 12.4. The summed E-state index contributed by atoms with van der Waals surface area (Å²) in [6.45, 7) is 3.64. The Balaban J connectivity index is 1.72. The van der Waals surface area contributed by atoms with Gasteiger partial charge in [0.05, 0.1) is 0 Å². The molecule has 4 heterocycles. The maximum atomic E-state index is 8.82. The first-order valence-corrected chi connectivity index (χ1v) is 6.20. The fourth-order valence-corrected chi connectivity index (χ4v) is 2.92. The second kappa shape index (κ2) is 4.34. The van der Waals surface area contributed by atoms with Crippen LogP contribution in [0.1, 0.15) is 18.5 Å². The van der Waals surface area contributed by atoms with Crippen LogP contribution in [0.25, 0.3) is 0 Å². The van der Waals surface area contributed by atoms with Crippen LogP contribution in [0.15, 0.2) is 18.3 Å². The van der Waals surface area contributed by atoms with Crippen molar-refractivity contribution in [2.75, 3.05) is 25.0 Å². The van der Waals surface area contributed by atoms with E-state index in [2.05, 4.69) is 21.3 Å². The Morgan fingerprint density at radius 2 is 2.24 bits per heavy atom. The van der Waals surface area contributed by atoms with Gasteiger partial charge in [0.2, 0.25) is 0 Å². The van der Waals surface area contributed by atoms with Crippen LogP contribution in [0.5, 0.6) is 0 Å². The Kier molecular flexibility index (Phi) is 2.69. The smallest absolute Gasteiger partial charge is 0.142 e. The van der Waals surface area contributed by atoms with Crippen molar-refractivity contribution in [3.63, 3.8) is 0 Å². The van der Waals surface area contributed by atoms with Crippen LogP contribution in [-0.2, 0) is 0 Å². The number of nitrogens with zero attached hydrogens (tertiary/aromatic N) is 3. The van der Waals surface area contributed by atoms with Gasteiger partial charge in [-0.25, -0.2) is 4.98 Å². The van der Waals surface area contributed by atoms with Crippen LogP contribution >= 0.6 is 0 Å². The van der Waals surface area contributed by atoms with Crippen molar-refractivity contribution in [2.24, 2.45) is 5.92 Å². The molecule has 0 aliphatic carbocycles. The van der Waals surface area contributed by atoms with Crippen molar-refractivity contribution in [1.29, 1.82) is 5.26 Å². The summed E-state index contributed by atoms with van der Waals surface area (Å²) in [4.78, 5) is 6.51. The van der Waals surface area contributed by atoms with E-state index in [1.54, 1.807) is 6.20 Å². The predicted octanol–water partition coefficient (Wildman–Crippen LogP) is 1.46. The molecule has 3 fully saturated rings. The standard InChI is InChI=1S/C13H16N4/c14-8-12-7-11(1-4-15-12)16-13-9-17-5-2-10(13)3-6-17/h1,4,7,10,13H,2-3,5-6,9H2,(H,15,16). The van der Waals surface area contributed by atoms with Gasteiger partial charge in [-0.05, 0) is 44.0 Å². The van der Waals surface area contributed by atoms with Crippen molar-refractivity contribution in [2.45, 2.75) is 18.9 Å². The van der Waals surface area contributed by atoms with Crippen LogP contribution in [0, 0.1) is 17.2 Å². The van der Waals surface area contributed by atoms with E-state index in [0.717, 1.165) is 18.2 Å². The lowest BCUT2D eigenvalue weighted by Crippen LogP contribution is -2.53.